The number of nitrogens with two attached hydrogens (primary N) is 1. The van der Waals surface area contributed by atoms with Gasteiger partial charge >= 0.3 is 5.97 Å². The van der Waals surface area contributed by atoms with Gasteiger partial charge in [0.25, 0.3) is 0 Å². The first-order valence-corrected chi connectivity index (χ1v) is 15.1. The summed E-state index contributed by atoms with van der Waals surface area (Å²) in [6, 6.07) is 35.8. The fraction of sp³-hybridized carbons (Fsp3) is 0.167. The van der Waals surface area contributed by atoms with E-state index in [1.165, 1.54) is 4.90 Å². The van der Waals surface area contributed by atoms with E-state index in [1.807, 2.05) is 47.4 Å². The molecular formula is C36H35N7O3. The first-order valence-electron chi connectivity index (χ1n) is 15.1. The number of hydrogen-bond donors (Lipinski definition) is 3. The summed E-state index contributed by atoms with van der Waals surface area (Å²) < 4.78 is 4.14. The monoisotopic (exact) mass is 613 g/mol. The Bertz CT molecular complexity index is 1810. The summed E-state index contributed by atoms with van der Waals surface area (Å²) in [5.41, 5.74) is 9.81. The van der Waals surface area contributed by atoms with Crippen LogP contribution in [0.5, 0.6) is 0 Å². The zero-order valence-corrected chi connectivity index (χ0v) is 25.2. The summed E-state index contributed by atoms with van der Waals surface area (Å²) in [4.78, 5) is 28.9. The molecule has 0 saturated carbocycles. The Morgan fingerprint density at radius 1 is 0.935 bits per heavy atom. The SMILES string of the molecule is NC(CN(C=O)c1ccc2c(cnn2CCCNc2nccn2C(c2ccccc2)(c2ccccc2)c2ccccc2)c1)C(=O)O. The number of benzene rings is 4. The highest BCUT2D eigenvalue weighted by Gasteiger charge is 2.39. The van der Waals surface area contributed by atoms with Crippen LogP contribution < -0.4 is 16.0 Å². The van der Waals surface area contributed by atoms with Gasteiger partial charge in [0.05, 0.1) is 18.3 Å². The number of fused-ring (bicyclic) bond motifs is 1. The number of nitrogens with one attached hydrogen (secondary N) is 1. The van der Waals surface area contributed by atoms with E-state index < -0.39 is 17.6 Å². The largest absolute Gasteiger partial charge is 0.480 e. The number of imidazole rings is 1. The predicted molar refractivity (Wildman–Crippen MR) is 179 cm³/mol. The number of nitrogens with zero attached hydrogens (tertiary/aromatic N) is 5. The van der Waals surface area contributed by atoms with E-state index in [0.717, 1.165) is 40.0 Å². The van der Waals surface area contributed by atoms with Crippen LogP contribution in [0.2, 0.25) is 0 Å². The maximum Gasteiger partial charge on any atom is 0.322 e. The number of carboxylic acids is 1. The van der Waals surface area contributed by atoms with Crippen LogP contribution in [0.3, 0.4) is 0 Å². The van der Waals surface area contributed by atoms with Gasteiger partial charge in [-0.2, -0.15) is 5.10 Å². The molecule has 46 heavy (non-hydrogen) atoms. The van der Waals surface area contributed by atoms with Crippen LogP contribution >= 0.6 is 0 Å². The summed E-state index contributed by atoms with van der Waals surface area (Å²) in [5, 5.41) is 18.1. The molecule has 1 atom stereocenters. The number of amides is 1. The molecule has 0 radical (unpaired) electrons. The third-order valence-electron chi connectivity index (χ3n) is 8.20. The number of aryl methyl sites for hydroxylation is 1. The second-order valence-corrected chi connectivity index (χ2v) is 11.0. The molecule has 4 aromatic carbocycles. The van der Waals surface area contributed by atoms with Crippen LogP contribution in [0.1, 0.15) is 23.1 Å². The molecule has 0 fully saturated rings. The van der Waals surface area contributed by atoms with E-state index in [-0.39, 0.29) is 6.54 Å². The topological polar surface area (TPSA) is 131 Å². The second kappa shape index (κ2) is 13.5. The molecule has 0 aliphatic rings. The molecule has 6 rings (SSSR count). The average Bonchev–Trinajstić information content (AvgIpc) is 3.74. The molecule has 0 aliphatic carbocycles. The molecule has 10 heteroatoms. The quantitative estimate of drug-likeness (QED) is 0.0900. The molecule has 0 spiro atoms. The molecule has 0 saturated heterocycles. The number of carbonyl (C=O) groups excluding carboxylic acids is 1. The van der Waals surface area contributed by atoms with Crippen LogP contribution in [0.4, 0.5) is 11.6 Å². The molecular weight excluding hydrogens is 578 g/mol. The Morgan fingerprint density at radius 3 is 2.11 bits per heavy atom. The van der Waals surface area contributed by atoms with Crippen molar-refractivity contribution in [2.45, 2.75) is 24.5 Å². The van der Waals surface area contributed by atoms with Gasteiger partial charge < -0.3 is 21.1 Å². The maximum atomic E-state index is 11.6. The minimum atomic E-state index is -1.18. The van der Waals surface area contributed by atoms with Crippen molar-refractivity contribution in [1.82, 2.24) is 19.3 Å². The standard InChI is InChI=1S/C36H35N7O3/c37-32(34(45)46)25-41(26-44)31-17-18-33-27(23-31)24-40-43(33)21-10-19-38-35-39-20-22-42(35)36(28-11-4-1-5-12-28,29-13-6-2-7-14-29)30-15-8-3-9-16-30/h1-9,11-18,20,22-24,26,32H,10,19,21,25,37H2,(H,38,39)(H,45,46). The van der Waals surface area contributed by atoms with Gasteiger partial charge in [0.1, 0.15) is 11.6 Å². The molecule has 0 bridgehead atoms. The number of carboxylic acid groups (broad SMARTS) is 1. The summed E-state index contributed by atoms with van der Waals surface area (Å²) in [5.74, 6) is -0.414. The zero-order chi connectivity index (χ0) is 31.9. The molecule has 0 aliphatic heterocycles. The Kier molecular flexibility index (Phi) is 8.89. The predicted octanol–water partition coefficient (Wildman–Crippen LogP) is 4.95. The second-order valence-electron chi connectivity index (χ2n) is 11.0. The number of aromatic nitrogens is 4. The van der Waals surface area contributed by atoms with Crippen LogP contribution in [0, 0.1) is 0 Å². The van der Waals surface area contributed by atoms with E-state index in [0.29, 0.717) is 25.2 Å². The van der Waals surface area contributed by atoms with E-state index in [2.05, 4.69) is 87.8 Å². The van der Waals surface area contributed by atoms with Crippen LogP contribution in [-0.4, -0.2) is 55.9 Å². The summed E-state index contributed by atoms with van der Waals surface area (Å²) >= 11 is 0. The van der Waals surface area contributed by atoms with E-state index in [4.69, 9.17) is 15.8 Å². The first kappa shape index (κ1) is 30.3. The molecule has 6 aromatic rings. The number of hydrogen-bond acceptors (Lipinski definition) is 6. The fourth-order valence-corrected chi connectivity index (χ4v) is 6.02. The maximum absolute atomic E-state index is 11.6. The van der Waals surface area contributed by atoms with Crippen molar-refractivity contribution in [3.05, 3.63) is 144 Å². The highest BCUT2D eigenvalue weighted by atomic mass is 16.4. The van der Waals surface area contributed by atoms with Gasteiger partial charge in [0.2, 0.25) is 12.4 Å². The van der Waals surface area contributed by atoms with E-state index in [9.17, 15) is 9.59 Å². The first-order chi connectivity index (χ1) is 22.5. The molecule has 1 unspecified atom stereocenters. The number of aliphatic carboxylic acids is 1. The van der Waals surface area contributed by atoms with Crippen LogP contribution in [-0.2, 0) is 21.7 Å². The average molecular weight is 614 g/mol. The Balaban J connectivity index is 1.23. The van der Waals surface area contributed by atoms with Gasteiger partial charge in [-0.3, -0.25) is 18.8 Å². The van der Waals surface area contributed by atoms with Gasteiger partial charge in [-0.25, -0.2) is 4.98 Å². The van der Waals surface area contributed by atoms with Gasteiger partial charge in [0, 0.05) is 36.6 Å². The summed E-state index contributed by atoms with van der Waals surface area (Å²) in [6.45, 7) is 1.18. The normalized spacial score (nSPS) is 12.1. The van der Waals surface area contributed by atoms with Gasteiger partial charge in [-0.1, -0.05) is 91.0 Å². The minimum absolute atomic E-state index is 0.125. The number of anilines is 2. The highest BCUT2D eigenvalue weighted by Crippen LogP contribution is 2.42. The molecule has 2 aromatic heterocycles. The molecule has 4 N–H and O–H groups in total. The lowest BCUT2D eigenvalue weighted by atomic mass is 9.76. The molecule has 232 valence electrons. The van der Waals surface area contributed by atoms with Crippen molar-refractivity contribution in [3.63, 3.8) is 0 Å². The zero-order valence-electron chi connectivity index (χ0n) is 25.2. The smallest absolute Gasteiger partial charge is 0.322 e. The molecule has 10 nitrogen and oxygen atoms in total. The lowest BCUT2D eigenvalue weighted by molar-refractivity contribution is -0.138. The van der Waals surface area contributed by atoms with Crippen LogP contribution in [0.25, 0.3) is 10.9 Å². The van der Waals surface area contributed by atoms with Crippen molar-refractivity contribution in [2.75, 3.05) is 23.3 Å². The van der Waals surface area contributed by atoms with Gasteiger partial charge in [-0.05, 0) is 41.3 Å². The lowest BCUT2D eigenvalue weighted by Gasteiger charge is -2.38. The van der Waals surface area contributed by atoms with Crippen molar-refractivity contribution in [2.24, 2.45) is 5.73 Å². The Hall–Kier alpha value is -5.74. The van der Waals surface area contributed by atoms with Crippen molar-refractivity contribution >= 4 is 34.9 Å². The third kappa shape index (κ3) is 5.85. The minimum Gasteiger partial charge on any atom is -0.480 e. The number of rotatable bonds is 14. The number of carbonyl (C=O) groups is 2. The fourth-order valence-electron chi connectivity index (χ4n) is 6.02. The van der Waals surface area contributed by atoms with E-state index >= 15 is 0 Å². The summed E-state index contributed by atoms with van der Waals surface area (Å²) in [6.07, 6.45) is 6.96. The third-order valence-corrected chi connectivity index (χ3v) is 8.20. The van der Waals surface area contributed by atoms with Crippen molar-refractivity contribution in [3.8, 4) is 0 Å². The van der Waals surface area contributed by atoms with Crippen molar-refractivity contribution in [1.29, 1.82) is 0 Å². The van der Waals surface area contributed by atoms with Crippen molar-refractivity contribution < 1.29 is 14.7 Å². The van der Waals surface area contributed by atoms with E-state index in [1.54, 1.807) is 12.3 Å². The Labute approximate surface area is 266 Å². The Morgan fingerprint density at radius 2 is 1.54 bits per heavy atom. The molecule has 2 heterocycles. The lowest BCUT2D eigenvalue weighted by Crippen LogP contribution is -2.42. The van der Waals surface area contributed by atoms with Gasteiger partial charge in [0.15, 0.2) is 0 Å². The molecule has 1 amide bonds. The summed E-state index contributed by atoms with van der Waals surface area (Å²) in [7, 11) is 0. The van der Waals surface area contributed by atoms with Crippen LogP contribution in [0.15, 0.2) is 128 Å². The highest BCUT2D eigenvalue weighted by molar-refractivity contribution is 5.87. The van der Waals surface area contributed by atoms with Gasteiger partial charge in [-0.15, -0.1) is 0 Å².